The average Bonchev–Trinajstić information content (AvgIpc) is 3.60. The highest BCUT2D eigenvalue weighted by molar-refractivity contribution is 5.99. The van der Waals surface area contributed by atoms with Gasteiger partial charge in [-0.1, -0.05) is 36.4 Å². The molecule has 6 nitrogen and oxygen atoms in total. The number of rotatable bonds is 5. The Hall–Kier alpha value is -3.49. The van der Waals surface area contributed by atoms with E-state index in [-0.39, 0.29) is 24.4 Å². The van der Waals surface area contributed by atoms with Crippen LogP contribution < -0.4 is 4.74 Å². The van der Waals surface area contributed by atoms with Gasteiger partial charge in [-0.3, -0.25) is 4.79 Å². The number of nitrogens with zero attached hydrogens (tertiary/aromatic N) is 4. The second-order valence-electron chi connectivity index (χ2n) is 8.88. The summed E-state index contributed by atoms with van der Waals surface area (Å²) in [6.07, 6.45) is -2.72. The predicted molar refractivity (Wildman–Crippen MR) is 118 cm³/mol. The van der Waals surface area contributed by atoms with Crippen molar-refractivity contribution in [1.29, 1.82) is 0 Å². The van der Waals surface area contributed by atoms with Crippen molar-refractivity contribution in [1.82, 2.24) is 20.1 Å². The number of ether oxygens (including phenoxy) is 1. The number of likely N-dealkylation sites (tertiary alicyclic amines) is 1. The number of aryl methyl sites for hydroxylation is 1. The lowest BCUT2D eigenvalue weighted by Gasteiger charge is -2.35. The zero-order valence-electron chi connectivity index (χ0n) is 18.5. The number of carbonyl (C=O) groups is 1. The molecule has 0 radical (unpaired) electrons. The Kier molecular flexibility index (Phi) is 5.71. The average molecular weight is 468 g/mol. The van der Waals surface area contributed by atoms with Gasteiger partial charge in [0.25, 0.3) is 5.91 Å². The Bertz CT molecular complexity index is 1190. The van der Waals surface area contributed by atoms with Gasteiger partial charge in [-0.15, -0.1) is 10.2 Å². The molecule has 0 bridgehead atoms. The maximum atomic E-state index is 13.7. The maximum absolute atomic E-state index is 13.7. The number of piperidine rings is 1. The topological polar surface area (TPSA) is 68.2 Å². The van der Waals surface area contributed by atoms with Gasteiger partial charge in [-0.2, -0.15) is 13.2 Å². The molecule has 0 spiro atoms. The lowest BCUT2D eigenvalue weighted by atomic mass is 9.99. The number of alkyl halides is 3. The lowest BCUT2D eigenvalue weighted by molar-refractivity contribution is -0.141. The van der Waals surface area contributed by atoms with Crippen molar-refractivity contribution in [3.05, 3.63) is 71.7 Å². The predicted octanol–water partition coefficient (Wildman–Crippen LogP) is 4.80. The highest BCUT2D eigenvalue weighted by Gasteiger charge is 2.47. The monoisotopic (exact) mass is 468 g/mol. The second kappa shape index (κ2) is 8.70. The fourth-order valence-electron chi connectivity index (χ4n) is 4.54. The van der Waals surface area contributed by atoms with Gasteiger partial charge in [0.15, 0.2) is 5.69 Å². The summed E-state index contributed by atoms with van der Waals surface area (Å²) in [7, 11) is 0. The van der Waals surface area contributed by atoms with Gasteiger partial charge in [0.2, 0.25) is 5.88 Å². The first-order valence-corrected chi connectivity index (χ1v) is 11.2. The summed E-state index contributed by atoms with van der Waals surface area (Å²) in [6.45, 7) is 2.59. The van der Waals surface area contributed by atoms with Crippen LogP contribution in [0.25, 0.3) is 11.1 Å². The molecule has 0 N–H and O–H groups in total. The summed E-state index contributed by atoms with van der Waals surface area (Å²) < 4.78 is 43.9. The van der Waals surface area contributed by atoms with Crippen molar-refractivity contribution >= 4 is 5.91 Å². The van der Waals surface area contributed by atoms with E-state index in [4.69, 9.17) is 4.74 Å². The molecule has 1 aliphatic carbocycles. The van der Waals surface area contributed by atoms with Crippen molar-refractivity contribution in [2.45, 2.75) is 32.0 Å². The first-order valence-electron chi connectivity index (χ1n) is 11.2. The summed E-state index contributed by atoms with van der Waals surface area (Å²) in [5.41, 5.74) is 1.74. The van der Waals surface area contributed by atoms with Crippen LogP contribution in [0.1, 0.15) is 34.7 Å². The SMILES string of the molecule is Cc1ccc(-c2ccccc2)c(C(=O)N2C[C@@H]3C[C@@H]3CC2COc2ccc(C(F)(F)F)nn2)n1. The zero-order valence-corrected chi connectivity index (χ0v) is 18.5. The third-order valence-corrected chi connectivity index (χ3v) is 6.45. The van der Waals surface area contributed by atoms with E-state index in [0.717, 1.165) is 41.8 Å². The summed E-state index contributed by atoms with van der Waals surface area (Å²) in [6, 6.07) is 15.2. The van der Waals surface area contributed by atoms with Crippen LogP contribution in [0, 0.1) is 18.8 Å². The summed E-state index contributed by atoms with van der Waals surface area (Å²) in [5.74, 6) is 0.837. The minimum absolute atomic E-state index is 0.00280. The first-order chi connectivity index (χ1) is 16.3. The Morgan fingerprint density at radius 2 is 1.82 bits per heavy atom. The molecule has 1 saturated heterocycles. The van der Waals surface area contributed by atoms with E-state index >= 15 is 0 Å². The van der Waals surface area contributed by atoms with E-state index in [9.17, 15) is 18.0 Å². The smallest absolute Gasteiger partial charge is 0.435 e. The molecular weight excluding hydrogens is 445 g/mol. The fourth-order valence-corrected chi connectivity index (χ4v) is 4.54. The van der Waals surface area contributed by atoms with Crippen molar-refractivity contribution in [3.8, 4) is 17.0 Å². The highest BCUT2D eigenvalue weighted by Crippen LogP contribution is 2.47. The van der Waals surface area contributed by atoms with Crippen LogP contribution >= 0.6 is 0 Å². The molecule has 3 heterocycles. The Morgan fingerprint density at radius 3 is 2.53 bits per heavy atom. The van der Waals surface area contributed by atoms with E-state index in [1.165, 1.54) is 0 Å². The van der Waals surface area contributed by atoms with Gasteiger partial charge in [0.1, 0.15) is 12.3 Å². The standard InChI is InChI=1S/C25H23F3N4O2/c1-15-7-8-20(16-5-3-2-4-6-16)23(29-15)24(33)32-13-18-11-17(18)12-19(32)14-34-22-10-9-21(30-31-22)25(26,27)28/h2-10,17-19H,11-14H2,1H3/t17-,18+,19?/m1/s1. The largest absolute Gasteiger partial charge is 0.474 e. The molecule has 176 valence electrons. The summed E-state index contributed by atoms with van der Waals surface area (Å²) in [5, 5.41) is 6.75. The van der Waals surface area contributed by atoms with Gasteiger partial charge in [0, 0.05) is 23.9 Å². The molecule has 1 aliphatic heterocycles. The number of hydrogen-bond donors (Lipinski definition) is 0. The molecule has 1 unspecified atom stereocenters. The van der Waals surface area contributed by atoms with E-state index in [1.807, 2.05) is 49.4 Å². The molecule has 9 heteroatoms. The van der Waals surface area contributed by atoms with Gasteiger partial charge < -0.3 is 9.64 Å². The van der Waals surface area contributed by atoms with Crippen molar-refractivity contribution in [3.63, 3.8) is 0 Å². The normalized spacial score (nSPS) is 21.6. The molecule has 1 amide bonds. The number of benzene rings is 1. The third-order valence-electron chi connectivity index (χ3n) is 6.45. The van der Waals surface area contributed by atoms with Gasteiger partial charge in [0.05, 0.1) is 6.04 Å². The Labute approximate surface area is 194 Å². The lowest BCUT2D eigenvalue weighted by Crippen LogP contribution is -2.48. The Balaban J connectivity index is 1.37. The fraction of sp³-hybridized carbons (Fsp3) is 0.360. The summed E-state index contributed by atoms with van der Waals surface area (Å²) >= 11 is 0. The van der Waals surface area contributed by atoms with Gasteiger partial charge >= 0.3 is 6.18 Å². The number of halogens is 3. The minimum Gasteiger partial charge on any atom is -0.474 e. The van der Waals surface area contributed by atoms with Crippen LogP contribution in [-0.4, -0.2) is 45.2 Å². The van der Waals surface area contributed by atoms with E-state index in [1.54, 1.807) is 4.90 Å². The van der Waals surface area contributed by atoms with E-state index < -0.39 is 11.9 Å². The zero-order chi connectivity index (χ0) is 23.9. The number of pyridine rings is 1. The maximum Gasteiger partial charge on any atom is 0.435 e. The number of aromatic nitrogens is 3. The van der Waals surface area contributed by atoms with E-state index in [2.05, 4.69) is 15.2 Å². The molecular formula is C25H23F3N4O2. The molecule has 5 rings (SSSR count). The molecule has 34 heavy (non-hydrogen) atoms. The van der Waals surface area contributed by atoms with Crippen LogP contribution in [-0.2, 0) is 6.18 Å². The van der Waals surface area contributed by atoms with Crippen LogP contribution in [0.5, 0.6) is 5.88 Å². The summed E-state index contributed by atoms with van der Waals surface area (Å²) in [4.78, 5) is 20.1. The number of carbonyl (C=O) groups excluding carboxylic acids is 1. The highest BCUT2D eigenvalue weighted by atomic mass is 19.4. The Morgan fingerprint density at radius 1 is 1.03 bits per heavy atom. The molecule has 1 aromatic carbocycles. The quantitative estimate of drug-likeness (QED) is 0.538. The molecule has 1 saturated carbocycles. The third kappa shape index (κ3) is 4.60. The second-order valence-corrected chi connectivity index (χ2v) is 8.88. The molecule has 2 fully saturated rings. The number of fused-ring (bicyclic) bond motifs is 1. The number of hydrogen-bond acceptors (Lipinski definition) is 5. The molecule has 3 aromatic rings. The minimum atomic E-state index is -4.56. The molecule has 2 aliphatic rings. The van der Waals surface area contributed by atoms with Crippen LogP contribution in [0.15, 0.2) is 54.6 Å². The van der Waals surface area contributed by atoms with Gasteiger partial charge in [-0.05, 0) is 49.3 Å². The van der Waals surface area contributed by atoms with Crippen molar-refractivity contribution in [2.24, 2.45) is 11.8 Å². The molecule has 2 aromatic heterocycles. The van der Waals surface area contributed by atoms with Gasteiger partial charge in [-0.25, -0.2) is 4.98 Å². The number of amides is 1. The first kappa shape index (κ1) is 22.3. The molecule has 3 atom stereocenters. The van der Waals surface area contributed by atoms with Crippen molar-refractivity contribution < 1.29 is 22.7 Å². The van der Waals surface area contributed by atoms with E-state index in [0.29, 0.717) is 24.1 Å². The van der Waals surface area contributed by atoms with Crippen LogP contribution in [0.4, 0.5) is 13.2 Å². The van der Waals surface area contributed by atoms with Crippen LogP contribution in [0.3, 0.4) is 0 Å². The van der Waals surface area contributed by atoms with Crippen molar-refractivity contribution in [2.75, 3.05) is 13.2 Å². The van der Waals surface area contributed by atoms with Crippen LogP contribution in [0.2, 0.25) is 0 Å².